The first-order valence-electron chi connectivity index (χ1n) is 7.34. The van der Waals surface area contributed by atoms with E-state index in [0.29, 0.717) is 6.61 Å². The van der Waals surface area contributed by atoms with Crippen LogP contribution in [0.2, 0.25) is 0 Å². The molecule has 0 spiro atoms. The van der Waals surface area contributed by atoms with Gasteiger partial charge in [0.1, 0.15) is 0 Å². The normalized spacial score (nSPS) is 10.4. The standard InChI is InChI=1S/C16H30O/c1-16(2)14-12-10-8-6-4-3-5-7-9-11-13-15-17/h16-17H,3-5,7,9-15H2,1-2H3. The highest BCUT2D eigenvalue weighted by molar-refractivity contribution is 4.98. The van der Waals surface area contributed by atoms with Gasteiger partial charge in [-0.15, -0.1) is 11.8 Å². The topological polar surface area (TPSA) is 20.2 Å². The van der Waals surface area contributed by atoms with Gasteiger partial charge in [-0.1, -0.05) is 46.0 Å². The van der Waals surface area contributed by atoms with Crippen LogP contribution in [0.3, 0.4) is 0 Å². The fourth-order valence-corrected chi connectivity index (χ4v) is 1.81. The lowest BCUT2D eigenvalue weighted by Crippen LogP contribution is -1.85. The summed E-state index contributed by atoms with van der Waals surface area (Å²) in [4.78, 5) is 0. The summed E-state index contributed by atoms with van der Waals surface area (Å²) < 4.78 is 0. The Morgan fingerprint density at radius 2 is 1.29 bits per heavy atom. The van der Waals surface area contributed by atoms with E-state index in [1.54, 1.807) is 0 Å². The molecule has 0 aliphatic heterocycles. The molecule has 0 saturated carbocycles. The molecule has 0 fully saturated rings. The van der Waals surface area contributed by atoms with Crippen LogP contribution in [0.5, 0.6) is 0 Å². The molecule has 17 heavy (non-hydrogen) atoms. The van der Waals surface area contributed by atoms with E-state index in [1.165, 1.54) is 44.9 Å². The fourth-order valence-electron chi connectivity index (χ4n) is 1.81. The molecule has 1 nitrogen and oxygen atoms in total. The molecule has 0 aliphatic rings. The van der Waals surface area contributed by atoms with Gasteiger partial charge in [0.15, 0.2) is 0 Å². The third kappa shape index (κ3) is 15.5. The maximum atomic E-state index is 8.63. The van der Waals surface area contributed by atoms with E-state index in [4.69, 9.17) is 5.11 Å². The van der Waals surface area contributed by atoms with Crippen LogP contribution in [-0.4, -0.2) is 11.7 Å². The Balaban J connectivity index is 3.09. The molecule has 0 aliphatic carbocycles. The Bertz CT molecular complexity index is 197. The Kier molecular flexibility index (Phi) is 13.2. The van der Waals surface area contributed by atoms with Crippen molar-refractivity contribution in [2.75, 3.05) is 6.61 Å². The minimum Gasteiger partial charge on any atom is -0.396 e. The van der Waals surface area contributed by atoms with E-state index in [9.17, 15) is 0 Å². The zero-order valence-corrected chi connectivity index (χ0v) is 11.8. The fraction of sp³-hybridized carbons (Fsp3) is 0.875. The average molecular weight is 238 g/mol. The molecule has 0 unspecified atom stereocenters. The molecule has 0 atom stereocenters. The van der Waals surface area contributed by atoms with Crippen LogP contribution in [0, 0.1) is 17.8 Å². The van der Waals surface area contributed by atoms with Gasteiger partial charge in [-0.3, -0.25) is 0 Å². The minimum absolute atomic E-state index is 0.349. The van der Waals surface area contributed by atoms with E-state index in [2.05, 4.69) is 25.7 Å². The van der Waals surface area contributed by atoms with Crippen molar-refractivity contribution < 1.29 is 5.11 Å². The third-order valence-corrected chi connectivity index (χ3v) is 2.92. The quantitative estimate of drug-likeness (QED) is 0.437. The molecule has 0 aromatic heterocycles. The second-order valence-electron chi connectivity index (χ2n) is 5.23. The van der Waals surface area contributed by atoms with Crippen LogP contribution in [0.4, 0.5) is 0 Å². The predicted molar refractivity (Wildman–Crippen MR) is 75.9 cm³/mol. The molecular weight excluding hydrogens is 208 g/mol. The molecule has 0 amide bonds. The van der Waals surface area contributed by atoms with Gasteiger partial charge < -0.3 is 5.11 Å². The van der Waals surface area contributed by atoms with Crippen molar-refractivity contribution in [3.8, 4) is 11.8 Å². The van der Waals surface area contributed by atoms with Gasteiger partial charge in [0.25, 0.3) is 0 Å². The highest BCUT2D eigenvalue weighted by Crippen LogP contribution is 2.07. The summed E-state index contributed by atoms with van der Waals surface area (Å²) in [5.74, 6) is 7.36. The van der Waals surface area contributed by atoms with Crippen LogP contribution in [0.1, 0.15) is 78.1 Å². The first-order valence-corrected chi connectivity index (χ1v) is 7.34. The van der Waals surface area contributed by atoms with Crippen molar-refractivity contribution in [3.05, 3.63) is 0 Å². The molecule has 0 heterocycles. The van der Waals surface area contributed by atoms with Crippen LogP contribution in [0.25, 0.3) is 0 Å². The number of aliphatic hydroxyl groups is 1. The highest BCUT2D eigenvalue weighted by Gasteiger charge is 1.91. The summed E-state index contributed by atoms with van der Waals surface area (Å²) in [5.41, 5.74) is 0. The molecule has 0 aromatic carbocycles. The van der Waals surface area contributed by atoms with Crippen LogP contribution in [0.15, 0.2) is 0 Å². The van der Waals surface area contributed by atoms with Crippen molar-refractivity contribution in [3.63, 3.8) is 0 Å². The molecule has 0 rings (SSSR count). The van der Waals surface area contributed by atoms with Crippen LogP contribution >= 0.6 is 0 Å². The molecule has 0 bridgehead atoms. The monoisotopic (exact) mass is 238 g/mol. The van der Waals surface area contributed by atoms with Crippen LogP contribution < -0.4 is 0 Å². The molecule has 0 saturated heterocycles. The second-order valence-corrected chi connectivity index (χ2v) is 5.23. The second kappa shape index (κ2) is 13.6. The number of aliphatic hydroxyl groups excluding tert-OH is 1. The van der Waals surface area contributed by atoms with Gasteiger partial charge in [-0.05, 0) is 25.2 Å². The Labute approximate surface area is 108 Å². The van der Waals surface area contributed by atoms with Crippen molar-refractivity contribution in [1.29, 1.82) is 0 Å². The van der Waals surface area contributed by atoms with E-state index < -0.39 is 0 Å². The van der Waals surface area contributed by atoms with E-state index in [0.717, 1.165) is 25.2 Å². The maximum absolute atomic E-state index is 8.63. The molecular formula is C16H30O. The summed E-state index contributed by atoms with van der Waals surface area (Å²) in [6.45, 7) is 4.89. The Morgan fingerprint density at radius 1 is 0.765 bits per heavy atom. The summed E-state index contributed by atoms with van der Waals surface area (Å²) in [6, 6.07) is 0. The zero-order valence-electron chi connectivity index (χ0n) is 11.8. The molecule has 0 aromatic rings. The van der Waals surface area contributed by atoms with E-state index >= 15 is 0 Å². The Morgan fingerprint density at radius 3 is 1.88 bits per heavy atom. The van der Waals surface area contributed by atoms with E-state index in [-0.39, 0.29) is 0 Å². The SMILES string of the molecule is CC(C)CCCC#CCCCCCCCCO. The smallest absolute Gasteiger partial charge is 0.0431 e. The van der Waals surface area contributed by atoms with E-state index in [1.807, 2.05) is 0 Å². The van der Waals surface area contributed by atoms with Crippen molar-refractivity contribution in [1.82, 2.24) is 0 Å². The third-order valence-electron chi connectivity index (χ3n) is 2.92. The van der Waals surface area contributed by atoms with Crippen molar-refractivity contribution in [2.24, 2.45) is 5.92 Å². The summed E-state index contributed by atoms with van der Waals surface area (Å²) in [7, 11) is 0. The average Bonchev–Trinajstić information content (AvgIpc) is 2.30. The number of hydrogen-bond donors (Lipinski definition) is 1. The van der Waals surface area contributed by atoms with Gasteiger partial charge >= 0.3 is 0 Å². The summed E-state index contributed by atoms with van der Waals surface area (Å²) >= 11 is 0. The largest absolute Gasteiger partial charge is 0.396 e. The first kappa shape index (κ1) is 16.5. The molecule has 1 heteroatoms. The maximum Gasteiger partial charge on any atom is 0.0431 e. The van der Waals surface area contributed by atoms with Gasteiger partial charge in [-0.2, -0.15) is 0 Å². The molecule has 0 radical (unpaired) electrons. The minimum atomic E-state index is 0.349. The van der Waals surface area contributed by atoms with Crippen LogP contribution in [-0.2, 0) is 0 Å². The number of hydrogen-bond acceptors (Lipinski definition) is 1. The summed E-state index contributed by atoms with van der Waals surface area (Å²) in [6.07, 6.45) is 12.0. The zero-order chi connectivity index (χ0) is 12.8. The molecule has 100 valence electrons. The lowest BCUT2D eigenvalue weighted by Gasteiger charge is -1.99. The highest BCUT2D eigenvalue weighted by atomic mass is 16.2. The predicted octanol–water partition coefficient (Wildman–Crippen LogP) is 4.54. The lowest BCUT2D eigenvalue weighted by molar-refractivity contribution is 0.282. The number of unbranched alkanes of at least 4 members (excludes halogenated alkanes) is 7. The number of rotatable bonds is 10. The van der Waals surface area contributed by atoms with Crippen molar-refractivity contribution >= 4 is 0 Å². The first-order chi connectivity index (χ1) is 8.27. The van der Waals surface area contributed by atoms with Gasteiger partial charge in [0, 0.05) is 19.4 Å². The van der Waals surface area contributed by atoms with Gasteiger partial charge in [0.05, 0.1) is 0 Å². The van der Waals surface area contributed by atoms with Gasteiger partial charge in [0.2, 0.25) is 0 Å². The lowest BCUT2D eigenvalue weighted by atomic mass is 10.1. The molecule has 1 N–H and O–H groups in total. The van der Waals surface area contributed by atoms with Gasteiger partial charge in [-0.25, -0.2) is 0 Å². The van der Waals surface area contributed by atoms with Crippen molar-refractivity contribution in [2.45, 2.75) is 78.1 Å². The summed E-state index contributed by atoms with van der Waals surface area (Å²) in [5, 5.41) is 8.63. The Hall–Kier alpha value is -0.480.